The Balaban J connectivity index is 3.01. The maximum absolute atomic E-state index is 12.5. The number of aliphatic carboxylic acids is 1. The molecule has 112 valence electrons. The molecular weight excluding hydrogens is 258 g/mol. The fourth-order valence-electron chi connectivity index (χ4n) is 2.00. The van der Waals surface area contributed by atoms with E-state index in [1.54, 1.807) is 13.0 Å². The van der Waals surface area contributed by atoms with Crippen molar-refractivity contribution in [2.24, 2.45) is 5.92 Å². The van der Waals surface area contributed by atoms with Gasteiger partial charge < -0.3 is 14.4 Å². The van der Waals surface area contributed by atoms with Gasteiger partial charge in [-0.15, -0.1) is 0 Å². The van der Waals surface area contributed by atoms with E-state index in [2.05, 4.69) is 0 Å². The minimum atomic E-state index is -1.01. The molecule has 0 aliphatic carbocycles. The molecule has 1 aromatic rings. The highest BCUT2D eigenvalue weighted by molar-refractivity contribution is 5.96. The van der Waals surface area contributed by atoms with Gasteiger partial charge in [0, 0.05) is 12.5 Å². The third kappa shape index (κ3) is 4.11. The van der Waals surface area contributed by atoms with Crippen LogP contribution >= 0.6 is 0 Å². The van der Waals surface area contributed by atoms with Crippen LogP contribution < -0.4 is 0 Å². The van der Waals surface area contributed by atoms with Crippen LogP contribution in [0.4, 0.5) is 0 Å². The van der Waals surface area contributed by atoms with E-state index in [0.29, 0.717) is 17.9 Å². The lowest BCUT2D eigenvalue weighted by Gasteiger charge is -2.22. The molecule has 0 aliphatic heterocycles. The molecular formula is C15H23NO4. The number of amides is 1. The number of carboxylic acids is 1. The molecule has 0 aromatic carbocycles. The van der Waals surface area contributed by atoms with Crippen molar-refractivity contribution in [3.8, 4) is 0 Å². The maximum Gasteiger partial charge on any atom is 0.323 e. The Labute approximate surface area is 119 Å². The lowest BCUT2D eigenvalue weighted by Crippen LogP contribution is -2.38. The number of rotatable bonds is 6. The van der Waals surface area contributed by atoms with Gasteiger partial charge in [-0.3, -0.25) is 9.59 Å². The number of nitrogens with zero attached hydrogens (tertiary/aromatic N) is 1. The molecule has 1 N–H and O–H groups in total. The first-order chi connectivity index (χ1) is 9.22. The topological polar surface area (TPSA) is 70.8 Å². The fourth-order valence-corrected chi connectivity index (χ4v) is 2.00. The van der Waals surface area contributed by atoms with Gasteiger partial charge >= 0.3 is 5.97 Å². The number of aryl methyl sites for hydroxylation is 1. The van der Waals surface area contributed by atoms with Crippen LogP contribution in [0.2, 0.25) is 0 Å². The number of hydrogen-bond donors (Lipinski definition) is 1. The molecule has 0 radical (unpaired) electrons. The highest BCUT2D eigenvalue weighted by Gasteiger charge is 2.24. The zero-order chi connectivity index (χ0) is 15.4. The Morgan fingerprint density at radius 3 is 2.30 bits per heavy atom. The second kappa shape index (κ2) is 6.59. The van der Waals surface area contributed by atoms with Crippen LogP contribution in [0.25, 0.3) is 0 Å². The summed E-state index contributed by atoms with van der Waals surface area (Å²) < 4.78 is 5.56. The molecule has 0 spiro atoms. The molecule has 0 saturated carbocycles. The molecule has 5 heteroatoms. The maximum atomic E-state index is 12.5. The van der Waals surface area contributed by atoms with Gasteiger partial charge in [-0.25, -0.2) is 0 Å². The number of carbonyl (C=O) groups is 2. The predicted octanol–water partition coefficient (Wildman–Crippen LogP) is 2.89. The first-order valence-electron chi connectivity index (χ1n) is 6.83. The van der Waals surface area contributed by atoms with Gasteiger partial charge in [0.1, 0.15) is 18.1 Å². The number of carbonyl (C=O) groups excluding carboxylic acids is 1. The largest absolute Gasteiger partial charge is 0.480 e. The van der Waals surface area contributed by atoms with Crippen molar-refractivity contribution in [3.63, 3.8) is 0 Å². The van der Waals surface area contributed by atoms with Gasteiger partial charge in [-0.2, -0.15) is 0 Å². The van der Waals surface area contributed by atoms with Gasteiger partial charge in [-0.1, -0.05) is 27.7 Å². The molecule has 0 aliphatic rings. The summed E-state index contributed by atoms with van der Waals surface area (Å²) in [6, 6.07) is 1.72. The van der Waals surface area contributed by atoms with E-state index >= 15 is 0 Å². The van der Waals surface area contributed by atoms with E-state index in [9.17, 15) is 9.59 Å². The lowest BCUT2D eigenvalue weighted by molar-refractivity contribution is -0.137. The minimum absolute atomic E-state index is 0.188. The van der Waals surface area contributed by atoms with E-state index in [4.69, 9.17) is 9.52 Å². The second-order valence-corrected chi connectivity index (χ2v) is 5.75. The van der Waals surface area contributed by atoms with E-state index in [1.165, 1.54) is 4.90 Å². The first kappa shape index (κ1) is 16.3. The molecule has 5 nitrogen and oxygen atoms in total. The Bertz CT molecular complexity index is 488. The van der Waals surface area contributed by atoms with E-state index in [-0.39, 0.29) is 24.3 Å². The van der Waals surface area contributed by atoms with Crippen LogP contribution in [0.5, 0.6) is 0 Å². The van der Waals surface area contributed by atoms with Crippen molar-refractivity contribution in [1.29, 1.82) is 0 Å². The Kier molecular flexibility index (Phi) is 5.36. The summed E-state index contributed by atoms with van der Waals surface area (Å²) in [6.07, 6.45) is 0. The second-order valence-electron chi connectivity index (χ2n) is 5.75. The summed E-state index contributed by atoms with van der Waals surface area (Å²) in [7, 11) is 0. The predicted molar refractivity (Wildman–Crippen MR) is 75.9 cm³/mol. The molecule has 1 heterocycles. The average molecular weight is 281 g/mol. The van der Waals surface area contributed by atoms with Gasteiger partial charge in [0.25, 0.3) is 5.91 Å². The monoisotopic (exact) mass is 281 g/mol. The molecule has 20 heavy (non-hydrogen) atoms. The molecule has 0 saturated heterocycles. The molecule has 1 aromatic heterocycles. The van der Waals surface area contributed by atoms with Crippen molar-refractivity contribution in [3.05, 3.63) is 23.2 Å². The van der Waals surface area contributed by atoms with Crippen molar-refractivity contribution < 1.29 is 19.1 Å². The summed E-state index contributed by atoms with van der Waals surface area (Å²) in [6.45, 7) is 9.71. The Morgan fingerprint density at radius 2 is 1.90 bits per heavy atom. The van der Waals surface area contributed by atoms with Gasteiger partial charge in [0.15, 0.2) is 0 Å². The SMILES string of the molecule is Cc1oc(C(C)C)cc1C(=O)N(CC(=O)O)CC(C)C. The average Bonchev–Trinajstić information content (AvgIpc) is 2.68. The van der Waals surface area contributed by atoms with Crippen molar-refractivity contribution >= 4 is 11.9 Å². The summed E-state index contributed by atoms with van der Waals surface area (Å²) in [4.78, 5) is 24.7. The molecule has 0 bridgehead atoms. The van der Waals surface area contributed by atoms with Gasteiger partial charge in [-0.05, 0) is 18.9 Å². The van der Waals surface area contributed by atoms with Crippen molar-refractivity contribution in [2.75, 3.05) is 13.1 Å². The van der Waals surface area contributed by atoms with Crippen LogP contribution in [0.1, 0.15) is 55.5 Å². The van der Waals surface area contributed by atoms with Crippen LogP contribution in [0.15, 0.2) is 10.5 Å². The Morgan fingerprint density at radius 1 is 1.30 bits per heavy atom. The van der Waals surface area contributed by atoms with E-state index in [1.807, 2.05) is 27.7 Å². The van der Waals surface area contributed by atoms with Crippen molar-refractivity contribution in [1.82, 2.24) is 4.90 Å². The van der Waals surface area contributed by atoms with Crippen LogP contribution in [-0.4, -0.2) is 35.0 Å². The van der Waals surface area contributed by atoms with Crippen LogP contribution in [-0.2, 0) is 4.79 Å². The Hall–Kier alpha value is -1.78. The quantitative estimate of drug-likeness (QED) is 0.870. The summed E-state index contributed by atoms with van der Waals surface area (Å²) in [5.41, 5.74) is 0.454. The molecule has 0 unspecified atom stereocenters. The summed E-state index contributed by atoms with van der Waals surface area (Å²) in [5, 5.41) is 8.94. The number of carboxylic acid groups (broad SMARTS) is 1. The normalized spacial score (nSPS) is 11.2. The molecule has 1 rings (SSSR count). The van der Waals surface area contributed by atoms with Crippen molar-refractivity contribution in [2.45, 2.75) is 40.5 Å². The van der Waals surface area contributed by atoms with E-state index < -0.39 is 5.97 Å². The molecule has 0 fully saturated rings. The van der Waals surface area contributed by atoms with Gasteiger partial charge in [0.05, 0.1) is 5.56 Å². The van der Waals surface area contributed by atoms with Crippen LogP contribution in [0.3, 0.4) is 0 Å². The lowest BCUT2D eigenvalue weighted by atomic mass is 10.1. The highest BCUT2D eigenvalue weighted by Crippen LogP contribution is 2.23. The van der Waals surface area contributed by atoms with Gasteiger partial charge in [0.2, 0.25) is 0 Å². The van der Waals surface area contributed by atoms with E-state index in [0.717, 1.165) is 5.76 Å². The molecule has 1 amide bonds. The number of furan rings is 1. The minimum Gasteiger partial charge on any atom is -0.480 e. The highest BCUT2D eigenvalue weighted by atomic mass is 16.4. The number of hydrogen-bond acceptors (Lipinski definition) is 3. The summed E-state index contributed by atoms with van der Waals surface area (Å²) in [5.74, 6) is 0.380. The standard InChI is InChI=1S/C15H23NO4/c1-9(2)7-16(8-14(17)18)15(19)12-6-13(10(3)4)20-11(12)5/h6,9-10H,7-8H2,1-5H3,(H,17,18). The zero-order valence-corrected chi connectivity index (χ0v) is 12.8. The fraction of sp³-hybridized carbons (Fsp3) is 0.600. The first-order valence-corrected chi connectivity index (χ1v) is 6.83. The van der Waals surface area contributed by atoms with Crippen LogP contribution in [0, 0.1) is 12.8 Å². The third-order valence-electron chi connectivity index (χ3n) is 2.94. The third-order valence-corrected chi connectivity index (χ3v) is 2.94. The summed E-state index contributed by atoms with van der Waals surface area (Å²) >= 11 is 0. The zero-order valence-electron chi connectivity index (χ0n) is 12.8. The smallest absolute Gasteiger partial charge is 0.323 e. The molecule has 0 atom stereocenters.